The molecule has 0 saturated carbocycles. The topological polar surface area (TPSA) is 151 Å². The van der Waals surface area contributed by atoms with E-state index < -0.39 is 20.0 Å². The number of sulfonamides is 1. The summed E-state index contributed by atoms with van der Waals surface area (Å²) >= 11 is 0. The number of aryl methyl sites for hydroxylation is 1. The van der Waals surface area contributed by atoms with Crippen molar-refractivity contribution in [2.75, 3.05) is 5.73 Å². The van der Waals surface area contributed by atoms with Crippen LogP contribution in [0.5, 0.6) is 0 Å². The van der Waals surface area contributed by atoms with E-state index in [4.69, 9.17) is 10.9 Å². The minimum Gasteiger partial charge on any atom is -0.398 e. The molecule has 4 rings (SSSR count). The number of nitrogens with zero attached hydrogens (tertiary/aromatic N) is 3. The first-order valence-corrected chi connectivity index (χ1v) is 12.3. The second-order valence-corrected chi connectivity index (χ2v) is 10.5. The average Bonchev–Trinajstić information content (AvgIpc) is 3.15. The van der Waals surface area contributed by atoms with Gasteiger partial charge in [0.1, 0.15) is 0 Å². The lowest BCUT2D eigenvalue weighted by atomic mass is 10.0. The second-order valence-electron chi connectivity index (χ2n) is 7.08. The molecule has 0 unspecified atom stereocenters. The molecule has 0 amide bonds. The van der Waals surface area contributed by atoms with Crippen molar-refractivity contribution in [2.24, 2.45) is 5.14 Å². The molecule has 0 spiro atoms. The predicted molar refractivity (Wildman–Crippen MR) is 118 cm³/mol. The number of benzene rings is 2. The van der Waals surface area contributed by atoms with Gasteiger partial charge in [-0.25, -0.2) is 13.6 Å². The highest BCUT2D eigenvalue weighted by molar-refractivity contribution is 7.90. The molecule has 0 fully saturated rings. The molecule has 0 atom stereocenters. The number of anilines is 1. The second kappa shape index (κ2) is 7.45. The molecule has 0 saturated heterocycles. The van der Waals surface area contributed by atoms with Crippen LogP contribution in [0.2, 0.25) is 0 Å². The van der Waals surface area contributed by atoms with Crippen LogP contribution in [0.25, 0.3) is 22.0 Å². The lowest BCUT2D eigenvalue weighted by Crippen LogP contribution is -2.15. The van der Waals surface area contributed by atoms with Crippen LogP contribution in [0, 0.1) is 6.92 Å². The largest absolute Gasteiger partial charge is 0.398 e. The summed E-state index contributed by atoms with van der Waals surface area (Å²) in [7, 11) is -7.69. The Labute approximate surface area is 179 Å². The zero-order valence-electron chi connectivity index (χ0n) is 16.4. The molecule has 11 heteroatoms. The van der Waals surface area contributed by atoms with Gasteiger partial charge in [0.05, 0.1) is 22.4 Å². The smallest absolute Gasteiger partial charge is 0.283 e. The zero-order valence-corrected chi connectivity index (χ0v) is 18.1. The lowest BCUT2D eigenvalue weighted by Gasteiger charge is -2.10. The molecule has 0 aliphatic heterocycles. The summed E-state index contributed by atoms with van der Waals surface area (Å²) in [6.07, 6.45) is 2.96. The van der Waals surface area contributed by atoms with E-state index >= 15 is 0 Å². The van der Waals surface area contributed by atoms with Crippen molar-refractivity contribution >= 4 is 36.6 Å². The monoisotopic (exact) mass is 457 g/mol. The maximum atomic E-state index is 13.1. The van der Waals surface area contributed by atoms with E-state index in [9.17, 15) is 16.8 Å². The van der Waals surface area contributed by atoms with Gasteiger partial charge in [0.25, 0.3) is 10.0 Å². The Morgan fingerprint density at radius 3 is 2.35 bits per heavy atom. The Balaban J connectivity index is 1.89. The first-order chi connectivity index (χ1) is 14.6. The van der Waals surface area contributed by atoms with E-state index in [-0.39, 0.29) is 10.6 Å². The zero-order chi connectivity index (χ0) is 22.4. The highest BCUT2D eigenvalue weighted by Crippen LogP contribution is 2.31. The van der Waals surface area contributed by atoms with Gasteiger partial charge >= 0.3 is 0 Å². The van der Waals surface area contributed by atoms with Crippen LogP contribution in [-0.2, 0) is 25.8 Å². The number of hydrogen-bond donors (Lipinski definition) is 2. The van der Waals surface area contributed by atoms with Crippen molar-refractivity contribution in [2.45, 2.75) is 17.6 Å². The van der Waals surface area contributed by atoms with Gasteiger partial charge in [-0.2, -0.15) is 17.6 Å². The van der Waals surface area contributed by atoms with E-state index in [1.54, 1.807) is 49.5 Å². The van der Waals surface area contributed by atoms with E-state index in [1.807, 2.05) is 0 Å². The highest BCUT2D eigenvalue weighted by Gasteiger charge is 2.22. The number of primary sulfonamides is 1. The van der Waals surface area contributed by atoms with Gasteiger partial charge in [0, 0.05) is 28.5 Å². The molecular weight excluding hydrogens is 438 g/mol. The van der Waals surface area contributed by atoms with Gasteiger partial charge in [-0.05, 0) is 48.4 Å². The van der Waals surface area contributed by atoms with Crippen LogP contribution in [0.4, 0.5) is 5.69 Å². The fourth-order valence-electron chi connectivity index (χ4n) is 3.28. The summed E-state index contributed by atoms with van der Waals surface area (Å²) in [6, 6.07) is 12.9. The van der Waals surface area contributed by atoms with E-state index in [1.165, 1.54) is 18.3 Å². The van der Waals surface area contributed by atoms with Crippen LogP contribution in [0.15, 0.2) is 65.8 Å². The maximum absolute atomic E-state index is 13.1. The quantitative estimate of drug-likeness (QED) is 0.435. The van der Waals surface area contributed by atoms with Crippen molar-refractivity contribution in [3.05, 3.63) is 72.2 Å². The Morgan fingerprint density at radius 2 is 1.68 bits per heavy atom. The molecular formula is C20H19N5O4S2. The minimum atomic E-state index is -3.94. The predicted octanol–water partition coefficient (Wildman–Crippen LogP) is 2.01. The SMILES string of the molecule is Cc1ncc(-c2cc(N)c3cnn(S(=O)(=O)c4ccccc4)c3c2)cc1CS(N)(=O)=O. The Bertz CT molecular complexity index is 1510. The summed E-state index contributed by atoms with van der Waals surface area (Å²) in [5, 5.41) is 9.71. The third-order valence-corrected chi connectivity index (χ3v) is 7.17. The summed E-state index contributed by atoms with van der Waals surface area (Å²) < 4.78 is 50.2. The standard InChI is InChI=1S/C20H19N5O4S2/c1-13-16(12-30(22,26)27)7-15(10-23-13)14-8-19(21)18-11-24-25(20(18)9-14)31(28,29)17-5-3-2-4-6-17/h2-11H,12,21H2,1H3,(H2,22,26,27). The molecule has 0 aliphatic rings. The molecule has 4 N–H and O–H groups in total. The number of fused-ring (bicyclic) bond motifs is 1. The van der Waals surface area contributed by atoms with Gasteiger partial charge in [0.15, 0.2) is 0 Å². The first-order valence-electron chi connectivity index (χ1n) is 9.10. The van der Waals surface area contributed by atoms with Crippen molar-refractivity contribution in [3.63, 3.8) is 0 Å². The Kier molecular flexibility index (Phi) is 5.04. The van der Waals surface area contributed by atoms with Crippen LogP contribution in [0.3, 0.4) is 0 Å². The molecule has 9 nitrogen and oxygen atoms in total. The normalized spacial score (nSPS) is 12.3. The molecule has 31 heavy (non-hydrogen) atoms. The molecule has 0 aliphatic carbocycles. The van der Waals surface area contributed by atoms with Crippen molar-refractivity contribution < 1.29 is 16.8 Å². The highest BCUT2D eigenvalue weighted by atomic mass is 32.2. The van der Waals surface area contributed by atoms with Gasteiger partial charge in [-0.3, -0.25) is 4.98 Å². The molecule has 160 valence electrons. The summed E-state index contributed by atoms with van der Waals surface area (Å²) in [5.74, 6) is -0.363. The van der Waals surface area contributed by atoms with E-state index in [0.29, 0.717) is 39.0 Å². The summed E-state index contributed by atoms with van der Waals surface area (Å²) in [5.41, 5.74) is 8.92. The van der Waals surface area contributed by atoms with Crippen LogP contribution in [0.1, 0.15) is 11.3 Å². The molecule has 0 radical (unpaired) electrons. The van der Waals surface area contributed by atoms with E-state index in [0.717, 1.165) is 4.09 Å². The van der Waals surface area contributed by atoms with Gasteiger partial charge in [-0.15, -0.1) is 0 Å². The number of nitrogen functional groups attached to an aromatic ring is 1. The molecule has 2 heterocycles. The minimum absolute atomic E-state index is 0.0939. The number of aromatic nitrogens is 3. The third kappa shape index (κ3) is 4.02. The third-order valence-electron chi connectivity index (χ3n) is 4.84. The molecule has 2 aromatic heterocycles. The van der Waals surface area contributed by atoms with Crippen molar-refractivity contribution in [3.8, 4) is 11.1 Å². The lowest BCUT2D eigenvalue weighted by molar-refractivity contribution is 0.582. The first kappa shape index (κ1) is 21.0. The number of pyridine rings is 1. The number of hydrogen-bond acceptors (Lipinski definition) is 7. The fourth-order valence-corrected chi connectivity index (χ4v) is 5.29. The number of rotatable bonds is 5. The maximum Gasteiger partial charge on any atom is 0.283 e. The Hall–Kier alpha value is -3.28. The average molecular weight is 458 g/mol. The van der Waals surface area contributed by atoms with Gasteiger partial charge in [-0.1, -0.05) is 18.2 Å². The van der Waals surface area contributed by atoms with Crippen LogP contribution < -0.4 is 10.9 Å². The summed E-state index contributed by atoms with van der Waals surface area (Å²) in [6.45, 7) is 1.68. The van der Waals surface area contributed by atoms with Crippen LogP contribution >= 0.6 is 0 Å². The Morgan fingerprint density at radius 1 is 0.968 bits per heavy atom. The van der Waals surface area contributed by atoms with Crippen molar-refractivity contribution in [1.82, 2.24) is 14.2 Å². The molecule has 4 aromatic rings. The van der Waals surface area contributed by atoms with Gasteiger partial charge in [0.2, 0.25) is 10.0 Å². The summed E-state index contributed by atoms with van der Waals surface area (Å²) in [4.78, 5) is 4.35. The molecule has 0 bridgehead atoms. The number of nitrogens with two attached hydrogens (primary N) is 2. The van der Waals surface area contributed by atoms with E-state index in [2.05, 4.69) is 10.1 Å². The molecule has 2 aromatic carbocycles. The van der Waals surface area contributed by atoms with Gasteiger partial charge < -0.3 is 5.73 Å². The van der Waals surface area contributed by atoms with Crippen LogP contribution in [-0.4, -0.2) is 31.0 Å². The van der Waals surface area contributed by atoms with Crippen molar-refractivity contribution in [1.29, 1.82) is 0 Å². The fraction of sp³-hybridized carbons (Fsp3) is 0.100.